The number of rotatable bonds is 15. The first-order valence-corrected chi connectivity index (χ1v) is 16.8. The summed E-state index contributed by atoms with van der Waals surface area (Å²) >= 11 is 0.969. The van der Waals surface area contributed by atoms with Gasteiger partial charge in [-0.05, 0) is 24.3 Å². The van der Waals surface area contributed by atoms with Gasteiger partial charge in [0.05, 0.1) is 24.5 Å². The summed E-state index contributed by atoms with van der Waals surface area (Å²) in [7, 11) is -4.94. The van der Waals surface area contributed by atoms with Gasteiger partial charge in [0.1, 0.15) is 36.5 Å². The fraction of sp³-hybridized carbons (Fsp3) is 0.407. The standard InChI is InChI=1S/C27H30N10O9S2/c28-24(34-22-16-6-30-7-17(16)22)13-1-3-14(4-2-13)45-9-21(26(40)41)46-35-23(18-10-47-27(29)33-18)20(38)5-15-19(8-36-12-31-11-32-36)37(25(15)39)48(42,43)44/h1-4,10-12,15-17,19,21-22,30H,5-9H2,(H2,28,34)(H2,29,33)(H,40,41)(H,42,43,44)/b35-23-/t15-,16-,17+,19+,21-,22?/m0/s1. The number of piperidine rings is 1. The number of nitrogens with two attached hydrogens (primary N) is 2. The number of nitrogens with one attached hydrogen (secondary N) is 1. The van der Waals surface area contributed by atoms with Crippen molar-refractivity contribution in [2.45, 2.75) is 31.2 Å². The molecule has 21 heteroatoms. The molecule has 2 aliphatic heterocycles. The summed E-state index contributed by atoms with van der Waals surface area (Å²) in [5.41, 5.74) is 12.1. The number of carbonyl (C=O) groups is 3. The van der Waals surface area contributed by atoms with Crippen molar-refractivity contribution in [3.8, 4) is 5.75 Å². The van der Waals surface area contributed by atoms with Crippen molar-refractivity contribution < 1.29 is 42.0 Å². The second-order valence-electron chi connectivity index (χ2n) is 11.3. The van der Waals surface area contributed by atoms with E-state index >= 15 is 0 Å². The number of aliphatic carboxylic acids is 1. The van der Waals surface area contributed by atoms with Crippen molar-refractivity contribution in [2.24, 2.45) is 33.6 Å². The third kappa shape index (κ3) is 6.98. The first-order valence-electron chi connectivity index (χ1n) is 14.5. The number of ketones is 1. The number of carboxylic acids is 1. The minimum Gasteiger partial charge on any atom is -0.489 e. The number of aliphatic imine (C=N–C) groups is 1. The lowest BCUT2D eigenvalue weighted by Gasteiger charge is -2.43. The number of aromatic nitrogens is 4. The maximum atomic E-state index is 13.5. The van der Waals surface area contributed by atoms with Gasteiger partial charge in [0.15, 0.2) is 16.6 Å². The van der Waals surface area contributed by atoms with E-state index < -0.39 is 64.8 Å². The van der Waals surface area contributed by atoms with Crippen LogP contribution in [0.4, 0.5) is 5.13 Å². The fourth-order valence-electron chi connectivity index (χ4n) is 5.70. The molecule has 1 unspecified atom stereocenters. The first-order chi connectivity index (χ1) is 22.9. The molecule has 3 fully saturated rings. The van der Waals surface area contributed by atoms with E-state index in [1.165, 1.54) is 22.7 Å². The number of nitrogen functional groups attached to an aromatic ring is 1. The first kappa shape index (κ1) is 32.9. The van der Waals surface area contributed by atoms with E-state index in [0.717, 1.165) is 24.4 Å². The van der Waals surface area contributed by atoms with Crippen LogP contribution in [-0.2, 0) is 36.1 Å². The Kier molecular flexibility index (Phi) is 9.09. The largest absolute Gasteiger partial charge is 0.489 e. The average molecular weight is 703 g/mol. The van der Waals surface area contributed by atoms with Crippen LogP contribution < -0.4 is 21.5 Å². The highest BCUT2D eigenvalue weighted by Crippen LogP contribution is 2.44. The third-order valence-corrected chi connectivity index (χ3v) is 9.88. The molecule has 0 radical (unpaired) electrons. The summed E-state index contributed by atoms with van der Waals surface area (Å²) in [6.45, 7) is 1.16. The fourth-order valence-corrected chi connectivity index (χ4v) is 7.17. The number of thiazole rings is 1. The van der Waals surface area contributed by atoms with E-state index in [2.05, 4.69) is 30.5 Å². The van der Waals surface area contributed by atoms with E-state index in [1.54, 1.807) is 24.3 Å². The Morgan fingerprint density at radius 2 is 1.94 bits per heavy atom. The van der Waals surface area contributed by atoms with Gasteiger partial charge in [-0.3, -0.25) is 23.8 Å². The predicted octanol–water partition coefficient (Wildman–Crippen LogP) is -1.22. The van der Waals surface area contributed by atoms with Crippen molar-refractivity contribution in [2.75, 3.05) is 25.4 Å². The van der Waals surface area contributed by atoms with Gasteiger partial charge in [-0.1, -0.05) is 5.16 Å². The van der Waals surface area contributed by atoms with Crippen molar-refractivity contribution >= 4 is 56.0 Å². The molecule has 2 aromatic heterocycles. The van der Waals surface area contributed by atoms with Gasteiger partial charge >= 0.3 is 16.3 Å². The second kappa shape index (κ2) is 13.3. The summed E-state index contributed by atoms with van der Waals surface area (Å²) in [6.07, 6.45) is 0.188. The molecule has 0 bridgehead atoms. The number of carbonyl (C=O) groups excluding carboxylic acids is 2. The molecule has 1 saturated carbocycles. The highest BCUT2D eigenvalue weighted by Gasteiger charge is 2.54. The SMILES string of the molecule is NC(=NC1[C@H]2CNC[C@@H]12)c1ccc(OC[C@H](O/N=C(\C(=O)C[C@@H]2C(=O)N(S(=O)(=O)O)[C@@H]2Cn2cncn2)c2csc(N)n2)C(=O)O)cc1. The topological polar surface area (TPSA) is 280 Å². The van der Waals surface area contributed by atoms with E-state index in [-0.39, 0.29) is 27.7 Å². The van der Waals surface area contributed by atoms with Gasteiger partial charge in [-0.25, -0.2) is 19.1 Å². The minimum absolute atomic E-state index is 0.0558. The van der Waals surface area contributed by atoms with Crippen LogP contribution in [0.1, 0.15) is 17.7 Å². The quantitative estimate of drug-likeness (QED) is 0.0408. The number of hydrogen-bond acceptors (Lipinski definition) is 15. The van der Waals surface area contributed by atoms with Gasteiger partial charge < -0.3 is 31.5 Å². The number of amides is 1. The minimum atomic E-state index is -4.94. The lowest BCUT2D eigenvalue weighted by atomic mass is 9.84. The Bertz CT molecular complexity index is 1850. The Morgan fingerprint density at radius 3 is 2.54 bits per heavy atom. The van der Waals surface area contributed by atoms with E-state index in [4.69, 9.17) is 21.0 Å². The van der Waals surface area contributed by atoms with Crippen LogP contribution in [0.25, 0.3) is 0 Å². The van der Waals surface area contributed by atoms with Crippen molar-refractivity contribution in [3.05, 3.63) is 53.6 Å². The average Bonchev–Trinajstić information content (AvgIpc) is 3.57. The number of benzene rings is 1. The molecular weight excluding hydrogens is 672 g/mol. The summed E-state index contributed by atoms with van der Waals surface area (Å²) in [6, 6.07) is 5.63. The number of Topliss-reactive ketones (excluding diaryl/α,β-unsaturated/α-hetero) is 1. The third-order valence-electron chi connectivity index (χ3n) is 8.26. The molecular formula is C27H30N10O9S2. The molecule has 4 heterocycles. The van der Waals surface area contributed by atoms with Gasteiger partial charge in [0.25, 0.3) is 6.10 Å². The predicted molar refractivity (Wildman–Crippen MR) is 167 cm³/mol. The van der Waals surface area contributed by atoms with Gasteiger partial charge in [0.2, 0.25) is 5.91 Å². The highest BCUT2D eigenvalue weighted by molar-refractivity contribution is 7.84. The number of β-lactam (4-membered cyclic amide) rings is 1. The number of ether oxygens (including phenoxy) is 1. The molecule has 6 rings (SSSR count). The van der Waals surface area contributed by atoms with Gasteiger partial charge in [-0.15, -0.1) is 11.3 Å². The zero-order valence-electron chi connectivity index (χ0n) is 24.9. The molecule has 6 atom stereocenters. The smallest absolute Gasteiger partial charge is 0.362 e. The molecule has 1 aliphatic carbocycles. The second-order valence-corrected chi connectivity index (χ2v) is 13.5. The molecule has 3 aromatic rings. The molecule has 1 amide bonds. The molecule has 2 saturated heterocycles. The molecule has 1 aromatic carbocycles. The number of hydrogen-bond donors (Lipinski definition) is 5. The Balaban J connectivity index is 1.13. The number of carboxylic acid groups (broad SMARTS) is 1. The highest BCUT2D eigenvalue weighted by atomic mass is 32.2. The maximum absolute atomic E-state index is 13.5. The van der Waals surface area contributed by atoms with Crippen LogP contribution in [0.15, 0.2) is 52.4 Å². The summed E-state index contributed by atoms with van der Waals surface area (Å²) in [4.78, 5) is 55.9. The Labute approximate surface area is 276 Å². The molecule has 7 N–H and O–H groups in total. The Hall–Kier alpha value is -4.99. The number of amidine groups is 1. The zero-order valence-corrected chi connectivity index (χ0v) is 26.5. The summed E-state index contributed by atoms with van der Waals surface area (Å²) < 4.78 is 40.4. The van der Waals surface area contributed by atoms with E-state index in [9.17, 15) is 32.5 Å². The van der Waals surface area contributed by atoms with Crippen LogP contribution in [0.3, 0.4) is 0 Å². The van der Waals surface area contributed by atoms with E-state index in [0.29, 0.717) is 29.0 Å². The van der Waals surface area contributed by atoms with Crippen LogP contribution in [0.2, 0.25) is 0 Å². The summed E-state index contributed by atoms with van der Waals surface area (Å²) in [5.74, 6) is -2.78. The van der Waals surface area contributed by atoms with Crippen LogP contribution in [-0.4, -0.2) is 109 Å². The molecule has 254 valence electrons. The number of anilines is 1. The van der Waals surface area contributed by atoms with Crippen LogP contribution in [0.5, 0.6) is 5.75 Å². The molecule has 19 nitrogen and oxygen atoms in total. The van der Waals surface area contributed by atoms with E-state index in [1.807, 2.05) is 0 Å². The number of oxime groups is 1. The van der Waals surface area contributed by atoms with Crippen molar-refractivity contribution in [1.82, 2.24) is 29.4 Å². The normalized spacial score (nSPS) is 24.5. The zero-order chi connectivity index (χ0) is 34.2. The van der Waals surface area contributed by atoms with Crippen LogP contribution in [0, 0.1) is 17.8 Å². The number of fused-ring (bicyclic) bond motifs is 1. The maximum Gasteiger partial charge on any atom is 0.362 e. The lowest BCUT2D eigenvalue weighted by Crippen LogP contribution is -2.64. The van der Waals surface area contributed by atoms with Crippen molar-refractivity contribution in [1.29, 1.82) is 0 Å². The summed E-state index contributed by atoms with van der Waals surface area (Å²) in [5, 5.41) is 22.2. The molecule has 3 aliphatic rings. The molecule has 0 spiro atoms. The Morgan fingerprint density at radius 1 is 1.21 bits per heavy atom. The number of nitrogens with zero attached hydrogens (tertiary/aromatic N) is 7. The van der Waals surface area contributed by atoms with Crippen molar-refractivity contribution in [3.63, 3.8) is 0 Å². The lowest BCUT2D eigenvalue weighted by molar-refractivity contribution is -0.152. The van der Waals surface area contributed by atoms with Gasteiger partial charge in [0, 0.05) is 42.3 Å². The monoisotopic (exact) mass is 702 g/mol. The van der Waals surface area contributed by atoms with Crippen LogP contribution >= 0.6 is 11.3 Å². The molecule has 48 heavy (non-hydrogen) atoms. The van der Waals surface area contributed by atoms with Gasteiger partial charge in [-0.2, -0.15) is 13.5 Å².